The van der Waals surface area contributed by atoms with Crippen molar-refractivity contribution >= 4 is 11.6 Å². The summed E-state index contributed by atoms with van der Waals surface area (Å²) in [5, 5.41) is -0.266. The van der Waals surface area contributed by atoms with Gasteiger partial charge in [0.1, 0.15) is 5.76 Å². The molecule has 0 N–H and O–H groups in total. The zero-order chi connectivity index (χ0) is 14.0. The van der Waals surface area contributed by atoms with Crippen molar-refractivity contribution in [1.82, 2.24) is 0 Å². The van der Waals surface area contributed by atoms with Crippen LogP contribution in [0.15, 0.2) is 28.9 Å². The summed E-state index contributed by atoms with van der Waals surface area (Å²) in [6, 6.07) is 5.78. The van der Waals surface area contributed by atoms with Crippen LogP contribution in [-0.2, 0) is 0 Å². The summed E-state index contributed by atoms with van der Waals surface area (Å²) in [7, 11) is 3.23. The van der Waals surface area contributed by atoms with E-state index in [1.54, 1.807) is 20.5 Å². The molecule has 3 nitrogen and oxygen atoms in total. The van der Waals surface area contributed by atoms with Crippen molar-refractivity contribution in [2.75, 3.05) is 14.2 Å². The minimum atomic E-state index is -0.266. The van der Waals surface area contributed by atoms with E-state index >= 15 is 0 Å². The lowest BCUT2D eigenvalue weighted by Crippen LogP contribution is -1.99. The van der Waals surface area contributed by atoms with Crippen LogP contribution in [0, 0.1) is 13.8 Å². The second-order valence-electron chi connectivity index (χ2n) is 4.42. The highest BCUT2D eigenvalue weighted by Crippen LogP contribution is 2.38. The molecular weight excluding hydrogens is 264 g/mol. The fourth-order valence-corrected chi connectivity index (χ4v) is 2.40. The molecule has 0 saturated heterocycles. The van der Waals surface area contributed by atoms with E-state index in [2.05, 4.69) is 0 Å². The van der Waals surface area contributed by atoms with Gasteiger partial charge >= 0.3 is 0 Å². The molecule has 0 aliphatic rings. The average molecular weight is 281 g/mol. The van der Waals surface area contributed by atoms with Gasteiger partial charge < -0.3 is 13.9 Å². The zero-order valence-corrected chi connectivity index (χ0v) is 12.2. The third kappa shape index (κ3) is 2.71. The van der Waals surface area contributed by atoms with Crippen molar-refractivity contribution < 1.29 is 13.9 Å². The Kier molecular flexibility index (Phi) is 4.05. The highest BCUT2D eigenvalue weighted by molar-refractivity contribution is 6.22. The minimum Gasteiger partial charge on any atom is -0.493 e. The van der Waals surface area contributed by atoms with Crippen molar-refractivity contribution in [2.45, 2.75) is 19.2 Å². The Morgan fingerprint density at radius 3 is 2.21 bits per heavy atom. The Morgan fingerprint density at radius 1 is 1.05 bits per heavy atom. The largest absolute Gasteiger partial charge is 0.493 e. The smallest absolute Gasteiger partial charge is 0.161 e. The molecular formula is C15H17ClO3. The SMILES string of the molecule is COc1cc(C)c(C(Cl)c2coc(C)c2)cc1OC. The Labute approximate surface area is 118 Å². The van der Waals surface area contributed by atoms with Crippen LogP contribution in [-0.4, -0.2) is 14.2 Å². The van der Waals surface area contributed by atoms with E-state index < -0.39 is 0 Å². The summed E-state index contributed by atoms with van der Waals surface area (Å²) >= 11 is 6.52. The summed E-state index contributed by atoms with van der Waals surface area (Å²) in [6.45, 7) is 3.90. The standard InChI is InChI=1S/C15H17ClO3/c1-9-5-13(17-3)14(18-4)7-12(9)15(16)11-6-10(2)19-8-11/h5-8,15H,1-4H3. The second-order valence-corrected chi connectivity index (χ2v) is 4.85. The maximum absolute atomic E-state index is 6.52. The fraction of sp³-hybridized carbons (Fsp3) is 0.333. The van der Waals surface area contributed by atoms with Crippen molar-refractivity contribution in [3.05, 3.63) is 46.9 Å². The summed E-state index contributed by atoms with van der Waals surface area (Å²) < 4.78 is 15.9. The van der Waals surface area contributed by atoms with Crippen LogP contribution in [0.25, 0.3) is 0 Å². The topological polar surface area (TPSA) is 31.6 Å². The zero-order valence-electron chi connectivity index (χ0n) is 11.5. The molecule has 0 aliphatic heterocycles. The molecule has 1 aromatic carbocycles. The van der Waals surface area contributed by atoms with E-state index in [0.717, 1.165) is 22.5 Å². The predicted molar refractivity (Wildman–Crippen MR) is 75.4 cm³/mol. The van der Waals surface area contributed by atoms with Gasteiger partial charge in [0, 0.05) is 5.56 Å². The van der Waals surface area contributed by atoms with Gasteiger partial charge in [-0.3, -0.25) is 0 Å². The molecule has 0 fully saturated rings. The van der Waals surface area contributed by atoms with Gasteiger partial charge in [-0.25, -0.2) is 0 Å². The third-order valence-electron chi connectivity index (χ3n) is 3.09. The molecule has 1 atom stereocenters. The minimum absolute atomic E-state index is 0.266. The molecule has 1 heterocycles. The van der Waals surface area contributed by atoms with Crippen LogP contribution in [0.1, 0.15) is 27.8 Å². The maximum Gasteiger partial charge on any atom is 0.161 e. The van der Waals surface area contributed by atoms with Gasteiger partial charge in [0.15, 0.2) is 11.5 Å². The quantitative estimate of drug-likeness (QED) is 0.785. The molecule has 0 spiro atoms. The van der Waals surface area contributed by atoms with Crippen molar-refractivity contribution in [3.8, 4) is 11.5 Å². The molecule has 0 bridgehead atoms. The summed E-state index contributed by atoms with van der Waals surface area (Å²) in [6.07, 6.45) is 1.68. The first kappa shape index (κ1) is 13.8. The Balaban J connectivity index is 2.44. The van der Waals surface area contributed by atoms with Crippen LogP contribution < -0.4 is 9.47 Å². The van der Waals surface area contributed by atoms with E-state index in [0.29, 0.717) is 11.5 Å². The lowest BCUT2D eigenvalue weighted by Gasteiger charge is -2.15. The monoisotopic (exact) mass is 280 g/mol. The lowest BCUT2D eigenvalue weighted by atomic mass is 10.0. The highest BCUT2D eigenvalue weighted by atomic mass is 35.5. The van der Waals surface area contributed by atoms with Gasteiger partial charge in [-0.05, 0) is 43.2 Å². The van der Waals surface area contributed by atoms with Gasteiger partial charge in [-0.2, -0.15) is 0 Å². The number of rotatable bonds is 4. The average Bonchev–Trinajstić information content (AvgIpc) is 2.84. The molecule has 1 aromatic heterocycles. The third-order valence-corrected chi connectivity index (χ3v) is 3.58. The molecule has 2 aromatic rings. The molecule has 102 valence electrons. The highest BCUT2D eigenvalue weighted by Gasteiger charge is 2.18. The van der Waals surface area contributed by atoms with Gasteiger partial charge in [0.05, 0.1) is 25.9 Å². The number of halogens is 1. The first-order valence-electron chi connectivity index (χ1n) is 5.98. The van der Waals surface area contributed by atoms with E-state index in [-0.39, 0.29) is 5.38 Å². The van der Waals surface area contributed by atoms with E-state index in [1.165, 1.54) is 0 Å². The van der Waals surface area contributed by atoms with Gasteiger partial charge in [-0.15, -0.1) is 11.6 Å². The maximum atomic E-state index is 6.52. The number of alkyl halides is 1. The van der Waals surface area contributed by atoms with Crippen LogP contribution in [0.2, 0.25) is 0 Å². The summed E-state index contributed by atoms with van der Waals surface area (Å²) in [4.78, 5) is 0. The number of methoxy groups -OCH3 is 2. The lowest BCUT2D eigenvalue weighted by molar-refractivity contribution is 0.354. The number of hydrogen-bond donors (Lipinski definition) is 0. The first-order chi connectivity index (χ1) is 9.06. The van der Waals surface area contributed by atoms with E-state index in [4.69, 9.17) is 25.5 Å². The van der Waals surface area contributed by atoms with Gasteiger partial charge in [-0.1, -0.05) is 0 Å². The molecule has 0 amide bonds. The number of hydrogen-bond acceptors (Lipinski definition) is 3. The number of benzene rings is 1. The Hall–Kier alpha value is -1.61. The molecule has 0 saturated carbocycles. The van der Waals surface area contributed by atoms with Crippen LogP contribution in [0.3, 0.4) is 0 Å². The van der Waals surface area contributed by atoms with Crippen molar-refractivity contribution in [3.63, 3.8) is 0 Å². The summed E-state index contributed by atoms with van der Waals surface area (Å²) in [5.74, 6) is 2.23. The molecule has 0 aliphatic carbocycles. The van der Waals surface area contributed by atoms with E-state index in [1.807, 2.05) is 32.0 Å². The molecule has 4 heteroatoms. The summed E-state index contributed by atoms with van der Waals surface area (Å²) in [5.41, 5.74) is 2.98. The molecule has 0 radical (unpaired) electrons. The van der Waals surface area contributed by atoms with Crippen LogP contribution >= 0.6 is 11.6 Å². The molecule has 2 rings (SSSR count). The van der Waals surface area contributed by atoms with Crippen LogP contribution in [0.5, 0.6) is 11.5 Å². The van der Waals surface area contributed by atoms with Crippen molar-refractivity contribution in [1.29, 1.82) is 0 Å². The van der Waals surface area contributed by atoms with Gasteiger partial charge in [0.25, 0.3) is 0 Å². The van der Waals surface area contributed by atoms with Gasteiger partial charge in [0.2, 0.25) is 0 Å². The first-order valence-corrected chi connectivity index (χ1v) is 6.42. The number of ether oxygens (including phenoxy) is 2. The Bertz CT molecular complexity index is 575. The van der Waals surface area contributed by atoms with Crippen LogP contribution in [0.4, 0.5) is 0 Å². The Morgan fingerprint density at radius 2 is 1.68 bits per heavy atom. The number of aryl methyl sites for hydroxylation is 2. The normalized spacial score (nSPS) is 12.3. The molecule has 19 heavy (non-hydrogen) atoms. The number of furan rings is 1. The molecule has 1 unspecified atom stereocenters. The second kappa shape index (κ2) is 5.57. The van der Waals surface area contributed by atoms with E-state index in [9.17, 15) is 0 Å². The predicted octanol–water partition coefficient (Wildman–Crippen LogP) is 4.24. The van der Waals surface area contributed by atoms with Crippen molar-refractivity contribution in [2.24, 2.45) is 0 Å². The fourth-order valence-electron chi connectivity index (χ4n) is 2.05.